The van der Waals surface area contributed by atoms with Crippen molar-refractivity contribution in [3.05, 3.63) is 40.6 Å². The number of nitrogens with one attached hydrogen (secondary N) is 1. The van der Waals surface area contributed by atoms with Gasteiger partial charge in [0.05, 0.1) is 23.5 Å². The summed E-state index contributed by atoms with van der Waals surface area (Å²) < 4.78 is 5.70. The first-order chi connectivity index (χ1) is 9.08. The molecule has 0 spiro atoms. The second kappa shape index (κ2) is 5.97. The molecule has 1 aromatic carbocycles. The van der Waals surface area contributed by atoms with Crippen molar-refractivity contribution in [1.29, 1.82) is 0 Å². The zero-order valence-corrected chi connectivity index (χ0v) is 12.3. The van der Waals surface area contributed by atoms with Gasteiger partial charge in [-0.05, 0) is 44.4 Å². The second-order valence-electron chi connectivity index (χ2n) is 4.77. The average molecular weight is 276 g/mol. The highest BCUT2D eigenvalue weighted by atomic mass is 32.1. The molecule has 3 nitrogen and oxygen atoms in total. The third-order valence-corrected chi connectivity index (χ3v) is 3.83. The van der Waals surface area contributed by atoms with Crippen molar-refractivity contribution in [3.63, 3.8) is 0 Å². The highest BCUT2D eigenvalue weighted by Crippen LogP contribution is 2.33. The average Bonchev–Trinajstić information content (AvgIpc) is 2.87. The van der Waals surface area contributed by atoms with Gasteiger partial charge in [-0.1, -0.05) is 12.1 Å². The van der Waals surface area contributed by atoms with Crippen molar-refractivity contribution < 1.29 is 4.74 Å². The van der Waals surface area contributed by atoms with Crippen LogP contribution in [0.15, 0.2) is 35.7 Å². The van der Waals surface area contributed by atoms with Gasteiger partial charge >= 0.3 is 0 Å². The number of rotatable bonds is 5. The zero-order valence-electron chi connectivity index (χ0n) is 11.5. The van der Waals surface area contributed by atoms with Crippen LogP contribution < -0.4 is 15.8 Å². The third kappa shape index (κ3) is 3.41. The molecule has 102 valence electrons. The van der Waals surface area contributed by atoms with Crippen LogP contribution in [0.1, 0.15) is 31.7 Å². The van der Waals surface area contributed by atoms with Gasteiger partial charge in [-0.3, -0.25) is 0 Å². The van der Waals surface area contributed by atoms with Crippen LogP contribution in [0, 0.1) is 0 Å². The summed E-state index contributed by atoms with van der Waals surface area (Å²) in [7, 11) is 0. The van der Waals surface area contributed by atoms with E-state index >= 15 is 0 Å². The van der Waals surface area contributed by atoms with Gasteiger partial charge in [0.25, 0.3) is 0 Å². The van der Waals surface area contributed by atoms with Gasteiger partial charge in [0.2, 0.25) is 0 Å². The Balaban J connectivity index is 2.16. The van der Waals surface area contributed by atoms with Crippen molar-refractivity contribution >= 4 is 22.7 Å². The lowest BCUT2D eigenvalue weighted by molar-refractivity contribution is 0.244. The fourth-order valence-electron chi connectivity index (χ4n) is 1.87. The lowest BCUT2D eigenvalue weighted by Crippen LogP contribution is -2.10. The highest BCUT2D eigenvalue weighted by Gasteiger charge is 2.11. The summed E-state index contributed by atoms with van der Waals surface area (Å²) in [5.74, 6) is 0.735. The number of ether oxygens (including phenoxy) is 1. The number of nitrogens with two attached hydrogens (primary N) is 1. The largest absolute Gasteiger partial charge is 0.489 e. The van der Waals surface area contributed by atoms with E-state index in [4.69, 9.17) is 10.5 Å². The van der Waals surface area contributed by atoms with Crippen LogP contribution in [-0.4, -0.2) is 6.10 Å². The Hall–Kier alpha value is -1.68. The van der Waals surface area contributed by atoms with Gasteiger partial charge in [0.1, 0.15) is 5.75 Å². The van der Waals surface area contributed by atoms with Gasteiger partial charge < -0.3 is 15.8 Å². The van der Waals surface area contributed by atoms with Crippen LogP contribution in [0.3, 0.4) is 0 Å². The maximum atomic E-state index is 6.15. The minimum Gasteiger partial charge on any atom is -0.489 e. The maximum Gasteiger partial charge on any atom is 0.144 e. The molecule has 19 heavy (non-hydrogen) atoms. The summed E-state index contributed by atoms with van der Waals surface area (Å²) in [5, 5.41) is 5.51. The molecule has 1 unspecified atom stereocenters. The maximum absolute atomic E-state index is 6.15. The number of anilines is 2. The molecule has 1 heterocycles. The molecular formula is C15H20N2OS. The van der Waals surface area contributed by atoms with Crippen LogP contribution in [0.5, 0.6) is 5.75 Å². The summed E-state index contributed by atoms with van der Waals surface area (Å²) in [6.07, 6.45) is 0.118. The number of hydrogen-bond acceptors (Lipinski definition) is 4. The van der Waals surface area contributed by atoms with Gasteiger partial charge in [-0.2, -0.15) is 0 Å². The van der Waals surface area contributed by atoms with Crippen molar-refractivity contribution in [3.8, 4) is 5.75 Å². The van der Waals surface area contributed by atoms with Crippen molar-refractivity contribution in [2.24, 2.45) is 0 Å². The van der Waals surface area contributed by atoms with E-state index in [0.717, 1.165) is 11.4 Å². The van der Waals surface area contributed by atoms with Gasteiger partial charge in [0, 0.05) is 4.88 Å². The first-order valence-electron chi connectivity index (χ1n) is 6.43. The highest BCUT2D eigenvalue weighted by molar-refractivity contribution is 7.10. The van der Waals surface area contributed by atoms with Crippen LogP contribution >= 0.6 is 11.3 Å². The Morgan fingerprint density at radius 2 is 1.95 bits per heavy atom. The molecule has 0 bridgehead atoms. The van der Waals surface area contributed by atoms with E-state index in [9.17, 15) is 0 Å². The molecular weight excluding hydrogens is 256 g/mol. The fourth-order valence-corrected chi connectivity index (χ4v) is 2.60. The molecule has 1 atom stereocenters. The molecule has 0 radical (unpaired) electrons. The van der Waals surface area contributed by atoms with Crippen molar-refractivity contribution in [1.82, 2.24) is 0 Å². The molecule has 3 N–H and O–H groups in total. The fraction of sp³-hybridized carbons (Fsp3) is 0.333. The number of benzene rings is 1. The number of thiophene rings is 1. The minimum atomic E-state index is 0.118. The van der Waals surface area contributed by atoms with E-state index in [1.165, 1.54) is 4.88 Å². The SMILES string of the molecule is CC(C)Oc1cccc(NC(C)c2cccs2)c1N. The van der Waals surface area contributed by atoms with Crippen molar-refractivity contribution in [2.45, 2.75) is 32.9 Å². The second-order valence-corrected chi connectivity index (χ2v) is 5.74. The molecule has 0 saturated heterocycles. The molecule has 0 aliphatic heterocycles. The molecule has 0 saturated carbocycles. The van der Waals surface area contributed by atoms with Gasteiger partial charge in [-0.25, -0.2) is 0 Å². The number of nitrogen functional groups attached to an aromatic ring is 1. The van der Waals surface area contributed by atoms with E-state index in [2.05, 4.69) is 29.8 Å². The molecule has 2 rings (SSSR count). The standard InChI is InChI=1S/C15H20N2OS/c1-10(2)18-13-7-4-6-12(15(13)16)17-11(3)14-8-5-9-19-14/h4-11,17H,16H2,1-3H3. The Morgan fingerprint density at radius 3 is 2.58 bits per heavy atom. The van der Waals surface area contributed by atoms with E-state index in [0.29, 0.717) is 5.69 Å². The van der Waals surface area contributed by atoms with Crippen LogP contribution in [0.2, 0.25) is 0 Å². The van der Waals surface area contributed by atoms with Crippen LogP contribution in [0.4, 0.5) is 11.4 Å². The van der Waals surface area contributed by atoms with Gasteiger partial charge in [-0.15, -0.1) is 11.3 Å². The summed E-state index contributed by atoms with van der Waals surface area (Å²) in [6, 6.07) is 10.2. The Kier molecular flexibility index (Phi) is 4.32. The number of hydrogen-bond donors (Lipinski definition) is 2. The zero-order chi connectivity index (χ0) is 13.8. The Labute approximate surface area is 118 Å². The monoisotopic (exact) mass is 276 g/mol. The lowest BCUT2D eigenvalue weighted by Gasteiger charge is -2.18. The third-order valence-electron chi connectivity index (χ3n) is 2.77. The van der Waals surface area contributed by atoms with Crippen molar-refractivity contribution in [2.75, 3.05) is 11.1 Å². The predicted molar refractivity (Wildman–Crippen MR) is 83.0 cm³/mol. The molecule has 4 heteroatoms. The molecule has 2 aromatic rings. The van der Waals surface area contributed by atoms with Crippen LogP contribution in [0.25, 0.3) is 0 Å². The first kappa shape index (κ1) is 13.7. The predicted octanol–water partition coefficient (Wildman–Crippen LogP) is 4.29. The summed E-state index contributed by atoms with van der Waals surface area (Å²) in [5.41, 5.74) is 7.73. The van der Waals surface area contributed by atoms with E-state index < -0.39 is 0 Å². The quantitative estimate of drug-likeness (QED) is 0.801. The van der Waals surface area contributed by atoms with Crippen LogP contribution in [-0.2, 0) is 0 Å². The van der Waals surface area contributed by atoms with E-state index in [1.807, 2.05) is 32.0 Å². The Morgan fingerprint density at radius 1 is 1.16 bits per heavy atom. The first-order valence-corrected chi connectivity index (χ1v) is 7.31. The Bertz CT molecular complexity index is 523. The summed E-state index contributed by atoms with van der Waals surface area (Å²) in [6.45, 7) is 6.11. The normalized spacial score (nSPS) is 12.4. The molecule has 0 aliphatic rings. The minimum absolute atomic E-state index is 0.118. The van der Waals surface area contributed by atoms with E-state index in [1.54, 1.807) is 11.3 Å². The molecule has 0 amide bonds. The molecule has 0 fully saturated rings. The smallest absolute Gasteiger partial charge is 0.144 e. The topological polar surface area (TPSA) is 47.3 Å². The van der Waals surface area contributed by atoms with E-state index in [-0.39, 0.29) is 12.1 Å². The molecule has 0 aliphatic carbocycles. The summed E-state index contributed by atoms with van der Waals surface area (Å²) in [4.78, 5) is 1.29. The molecule has 1 aromatic heterocycles. The van der Waals surface area contributed by atoms with Gasteiger partial charge in [0.15, 0.2) is 0 Å². The number of para-hydroxylation sites is 1. The summed E-state index contributed by atoms with van der Waals surface area (Å²) >= 11 is 1.74. The lowest BCUT2D eigenvalue weighted by atomic mass is 10.2.